The van der Waals surface area contributed by atoms with Gasteiger partial charge < -0.3 is 9.73 Å². The minimum atomic E-state index is -0.102. The average Bonchev–Trinajstić information content (AvgIpc) is 2.62. The molecule has 17 heavy (non-hydrogen) atoms. The van der Waals surface area contributed by atoms with E-state index in [2.05, 4.69) is 28.2 Å². The molecule has 1 N–H and O–H groups in total. The first-order valence-electron chi connectivity index (χ1n) is 6.21. The Balaban J connectivity index is 1.90. The molecule has 3 nitrogen and oxygen atoms in total. The highest BCUT2D eigenvalue weighted by atomic mass is 79.9. The van der Waals surface area contributed by atoms with Crippen LogP contribution in [0.25, 0.3) is 0 Å². The summed E-state index contributed by atoms with van der Waals surface area (Å²) in [5.41, 5.74) is 0. The molecule has 4 heteroatoms. The van der Waals surface area contributed by atoms with Gasteiger partial charge in [-0.15, -0.1) is 0 Å². The number of rotatable bonds is 2. The molecular weight excluding hydrogens is 282 g/mol. The van der Waals surface area contributed by atoms with Crippen molar-refractivity contribution < 1.29 is 9.21 Å². The highest BCUT2D eigenvalue weighted by Gasteiger charge is 2.19. The minimum absolute atomic E-state index is 0.102. The van der Waals surface area contributed by atoms with Gasteiger partial charge in [0.15, 0.2) is 10.4 Å². The van der Waals surface area contributed by atoms with Gasteiger partial charge in [0.05, 0.1) is 0 Å². The van der Waals surface area contributed by atoms with E-state index in [-0.39, 0.29) is 5.91 Å². The summed E-state index contributed by atoms with van der Waals surface area (Å²) in [5, 5.41) is 3.06. The highest BCUT2D eigenvalue weighted by Crippen LogP contribution is 2.23. The lowest BCUT2D eigenvalue weighted by molar-refractivity contribution is 0.0903. The maximum atomic E-state index is 11.9. The number of furan rings is 1. The summed E-state index contributed by atoms with van der Waals surface area (Å²) >= 11 is 3.20. The SMILES string of the molecule is CC1CCCC(NC(=O)c2ccc(Br)o2)CC1. The molecule has 1 aliphatic carbocycles. The molecule has 1 aromatic rings. The molecule has 0 aliphatic heterocycles. The Morgan fingerprint density at radius 1 is 1.35 bits per heavy atom. The van der Waals surface area contributed by atoms with Gasteiger partial charge in [-0.25, -0.2) is 0 Å². The minimum Gasteiger partial charge on any atom is -0.444 e. The second kappa shape index (κ2) is 5.71. The van der Waals surface area contributed by atoms with Crippen molar-refractivity contribution in [1.29, 1.82) is 0 Å². The first kappa shape index (κ1) is 12.7. The summed E-state index contributed by atoms with van der Waals surface area (Å²) in [4.78, 5) is 11.9. The second-order valence-electron chi connectivity index (χ2n) is 4.89. The van der Waals surface area contributed by atoms with Crippen LogP contribution in [0.3, 0.4) is 0 Å². The summed E-state index contributed by atoms with van der Waals surface area (Å²) in [7, 11) is 0. The zero-order valence-electron chi connectivity index (χ0n) is 10.0. The molecule has 1 fully saturated rings. The average molecular weight is 300 g/mol. The molecule has 94 valence electrons. The Labute approximate surface area is 110 Å². The lowest BCUT2D eigenvalue weighted by Gasteiger charge is -2.15. The molecule has 0 spiro atoms. The second-order valence-corrected chi connectivity index (χ2v) is 5.67. The van der Waals surface area contributed by atoms with Gasteiger partial charge in [0.1, 0.15) is 0 Å². The summed E-state index contributed by atoms with van der Waals surface area (Å²) in [5.74, 6) is 1.07. The number of amides is 1. The Morgan fingerprint density at radius 2 is 2.18 bits per heavy atom. The fourth-order valence-electron chi connectivity index (χ4n) is 2.32. The van der Waals surface area contributed by atoms with Crippen LogP contribution in [0, 0.1) is 5.92 Å². The fourth-order valence-corrected chi connectivity index (χ4v) is 2.63. The van der Waals surface area contributed by atoms with Crippen molar-refractivity contribution >= 4 is 21.8 Å². The van der Waals surface area contributed by atoms with Crippen molar-refractivity contribution in [1.82, 2.24) is 5.32 Å². The topological polar surface area (TPSA) is 42.2 Å². The summed E-state index contributed by atoms with van der Waals surface area (Å²) in [6.07, 6.45) is 5.84. The standard InChI is InChI=1S/C13H18BrNO2/c1-9-3-2-4-10(6-5-9)15-13(16)11-7-8-12(14)17-11/h7-10H,2-6H2,1H3,(H,15,16). The van der Waals surface area contributed by atoms with Crippen molar-refractivity contribution in [2.75, 3.05) is 0 Å². The molecule has 0 aromatic carbocycles. The van der Waals surface area contributed by atoms with E-state index in [9.17, 15) is 4.79 Å². The number of nitrogens with one attached hydrogen (secondary N) is 1. The number of hydrogen-bond donors (Lipinski definition) is 1. The van der Waals surface area contributed by atoms with Gasteiger partial charge in [-0.05, 0) is 53.2 Å². The van der Waals surface area contributed by atoms with Gasteiger partial charge in [-0.2, -0.15) is 0 Å². The van der Waals surface area contributed by atoms with Crippen molar-refractivity contribution in [2.45, 2.75) is 45.1 Å². The maximum Gasteiger partial charge on any atom is 0.287 e. The molecule has 1 saturated carbocycles. The molecule has 0 saturated heterocycles. The number of carbonyl (C=O) groups excluding carboxylic acids is 1. The Bertz CT molecular complexity index is 389. The van der Waals surface area contributed by atoms with Crippen LogP contribution in [-0.2, 0) is 0 Å². The molecular formula is C13H18BrNO2. The van der Waals surface area contributed by atoms with Crippen LogP contribution in [0.4, 0.5) is 0 Å². The molecule has 2 rings (SSSR count). The molecule has 1 aliphatic rings. The Kier molecular flexibility index (Phi) is 4.26. The van der Waals surface area contributed by atoms with Gasteiger partial charge in [-0.3, -0.25) is 4.79 Å². The third kappa shape index (κ3) is 3.60. The van der Waals surface area contributed by atoms with Crippen molar-refractivity contribution in [3.8, 4) is 0 Å². The van der Waals surface area contributed by atoms with Gasteiger partial charge in [-0.1, -0.05) is 19.8 Å². The van der Waals surface area contributed by atoms with Crippen LogP contribution >= 0.6 is 15.9 Å². The molecule has 2 unspecified atom stereocenters. The molecule has 1 heterocycles. The third-order valence-corrected chi connectivity index (χ3v) is 3.82. The lowest BCUT2D eigenvalue weighted by atomic mass is 10.0. The van der Waals surface area contributed by atoms with Gasteiger partial charge in [0.25, 0.3) is 5.91 Å². The van der Waals surface area contributed by atoms with E-state index < -0.39 is 0 Å². The van der Waals surface area contributed by atoms with E-state index >= 15 is 0 Å². The molecule has 2 atom stereocenters. The normalized spacial score (nSPS) is 25.3. The monoisotopic (exact) mass is 299 g/mol. The quantitative estimate of drug-likeness (QED) is 0.845. The van der Waals surface area contributed by atoms with Crippen LogP contribution in [0.2, 0.25) is 0 Å². The summed E-state index contributed by atoms with van der Waals surface area (Å²) in [6, 6.07) is 3.74. The Hall–Kier alpha value is -0.770. The van der Waals surface area contributed by atoms with E-state index in [1.807, 2.05) is 0 Å². The Morgan fingerprint density at radius 3 is 2.88 bits per heavy atom. The van der Waals surface area contributed by atoms with Crippen LogP contribution in [0.15, 0.2) is 21.2 Å². The zero-order valence-corrected chi connectivity index (χ0v) is 11.6. The molecule has 0 radical (unpaired) electrons. The van der Waals surface area contributed by atoms with Crippen molar-refractivity contribution in [2.24, 2.45) is 5.92 Å². The molecule has 0 bridgehead atoms. The number of halogens is 1. The first-order chi connectivity index (χ1) is 8.15. The van der Waals surface area contributed by atoms with Gasteiger partial charge in [0.2, 0.25) is 0 Å². The van der Waals surface area contributed by atoms with Crippen molar-refractivity contribution in [3.63, 3.8) is 0 Å². The summed E-state index contributed by atoms with van der Waals surface area (Å²) < 4.78 is 5.84. The van der Waals surface area contributed by atoms with E-state index in [4.69, 9.17) is 4.42 Å². The highest BCUT2D eigenvalue weighted by molar-refractivity contribution is 9.10. The van der Waals surface area contributed by atoms with Crippen LogP contribution in [0.1, 0.15) is 49.6 Å². The van der Waals surface area contributed by atoms with Gasteiger partial charge in [0, 0.05) is 6.04 Å². The predicted molar refractivity (Wildman–Crippen MR) is 69.9 cm³/mol. The van der Waals surface area contributed by atoms with Crippen LogP contribution < -0.4 is 5.32 Å². The molecule has 1 aromatic heterocycles. The van der Waals surface area contributed by atoms with E-state index in [1.54, 1.807) is 12.1 Å². The van der Waals surface area contributed by atoms with Gasteiger partial charge >= 0.3 is 0 Å². The van der Waals surface area contributed by atoms with Crippen molar-refractivity contribution in [3.05, 3.63) is 22.6 Å². The van der Waals surface area contributed by atoms with Crippen LogP contribution in [-0.4, -0.2) is 11.9 Å². The van der Waals surface area contributed by atoms with Crippen LogP contribution in [0.5, 0.6) is 0 Å². The van der Waals surface area contributed by atoms with E-state index in [0.717, 1.165) is 18.8 Å². The smallest absolute Gasteiger partial charge is 0.287 e. The maximum absolute atomic E-state index is 11.9. The zero-order chi connectivity index (χ0) is 12.3. The number of hydrogen-bond acceptors (Lipinski definition) is 2. The first-order valence-corrected chi connectivity index (χ1v) is 7.00. The summed E-state index contributed by atoms with van der Waals surface area (Å²) in [6.45, 7) is 2.29. The largest absolute Gasteiger partial charge is 0.444 e. The lowest BCUT2D eigenvalue weighted by Crippen LogP contribution is -2.34. The third-order valence-electron chi connectivity index (χ3n) is 3.39. The number of carbonyl (C=O) groups is 1. The van der Waals surface area contributed by atoms with E-state index in [1.165, 1.54) is 19.3 Å². The molecule has 1 amide bonds. The fraction of sp³-hybridized carbons (Fsp3) is 0.615. The van der Waals surface area contributed by atoms with E-state index in [0.29, 0.717) is 16.5 Å². The predicted octanol–water partition coefficient (Wildman–Crippen LogP) is 3.74.